The maximum atomic E-state index is 13.9. The second-order valence-corrected chi connectivity index (χ2v) is 17.7. The summed E-state index contributed by atoms with van der Waals surface area (Å²) in [4.78, 5) is 50.4. The van der Waals surface area contributed by atoms with Crippen LogP contribution in [0.15, 0.2) is 75.3 Å². The number of nitrogens with one attached hydrogen (secondary N) is 1. The van der Waals surface area contributed by atoms with Crippen LogP contribution in [0, 0.1) is 6.92 Å². The fraction of sp³-hybridized carbons (Fsp3) is 0.439. The summed E-state index contributed by atoms with van der Waals surface area (Å²) in [5.74, 6) is -1.82. The van der Waals surface area contributed by atoms with Crippen LogP contribution in [0.4, 0.5) is 0 Å². The van der Waals surface area contributed by atoms with Crippen LogP contribution < -0.4 is 10.3 Å². The number of cyclic esters (lactones) is 1. The van der Waals surface area contributed by atoms with Crippen LogP contribution in [-0.2, 0) is 52.6 Å². The van der Waals surface area contributed by atoms with Crippen molar-refractivity contribution in [2.75, 3.05) is 13.2 Å². The summed E-state index contributed by atoms with van der Waals surface area (Å²) in [5.41, 5.74) is 0.546. The number of hydrogen-bond acceptors (Lipinski definition) is 12. The molecule has 4 aromatic rings. The molecule has 0 spiro atoms. The lowest BCUT2D eigenvalue weighted by molar-refractivity contribution is -0.261. The highest BCUT2D eigenvalue weighted by atomic mass is 32.2. The zero-order valence-electron chi connectivity index (χ0n) is 32.4. The van der Waals surface area contributed by atoms with E-state index in [4.69, 9.17) is 19.2 Å². The summed E-state index contributed by atoms with van der Waals surface area (Å²) in [7, 11) is -4.11. The number of hydroxylamine groups is 2. The SMILES string of the molecule is CC[C@@]1(OC(=O)CN=C(CCOC2CC(C)(C)N(O)C(C)(C)C2)NS(=O)(=O)c2ccc(C)cc2)C(=O)OCc2c1cc1n(c2=O)Cc2cc3ccccc3nc2-1. The molecule has 56 heavy (non-hydrogen) atoms. The van der Waals surface area contributed by atoms with E-state index in [-0.39, 0.29) is 66.1 Å². The molecule has 0 unspecified atom stereocenters. The number of aliphatic imine (C=N–C) groups is 1. The average molecular weight is 786 g/mol. The minimum Gasteiger partial charge on any atom is -0.457 e. The monoisotopic (exact) mass is 785 g/mol. The molecule has 0 radical (unpaired) electrons. The van der Waals surface area contributed by atoms with Crippen LogP contribution in [-0.4, -0.2) is 76.3 Å². The van der Waals surface area contributed by atoms with Crippen LogP contribution in [0.5, 0.6) is 0 Å². The normalized spacial score (nSPS) is 20.6. The highest BCUT2D eigenvalue weighted by Gasteiger charge is 2.50. The lowest BCUT2D eigenvalue weighted by Crippen LogP contribution is -2.60. The Morgan fingerprint density at radius 1 is 1.05 bits per heavy atom. The van der Waals surface area contributed by atoms with Gasteiger partial charge in [-0.2, -0.15) is 5.06 Å². The van der Waals surface area contributed by atoms with Gasteiger partial charge in [0.1, 0.15) is 19.0 Å². The molecule has 5 heterocycles. The number of carbonyl (C=O) groups excluding carboxylic acids is 2. The number of fused-ring (bicyclic) bond motifs is 5. The van der Waals surface area contributed by atoms with E-state index in [2.05, 4.69) is 9.71 Å². The molecule has 296 valence electrons. The lowest BCUT2D eigenvalue weighted by atomic mass is 9.80. The van der Waals surface area contributed by atoms with Gasteiger partial charge in [0.25, 0.3) is 15.6 Å². The number of pyridine rings is 2. The summed E-state index contributed by atoms with van der Waals surface area (Å²) in [6.07, 6.45) is 0.767. The molecule has 1 fully saturated rings. The molecule has 14 nitrogen and oxygen atoms in total. The van der Waals surface area contributed by atoms with E-state index in [1.807, 2.05) is 65.0 Å². The van der Waals surface area contributed by atoms with Gasteiger partial charge in [-0.3, -0.25) is 14.5 Å². The Morgan fingerprint density at radius 2 is 1.75 bits per heavy atom. The largest absolute Gasteiger partial charge is 0.457 e. The van der Waals surface area contributed by atoms with Crippen LogP contribution in [0.2, 0.25) is 0 Å². The van der Waals surface area contributed by atoms with E-state index in [0.29, 0.717) is 24.2 Å². The zero-order chi connectivity index (χ0) is 40.2. The smallest absolute Gasteiger partial charge is 0.355 e. The second-order valence-electron chi connectivity index (χ2n) is 16.0. The number of para-hydroxylation sites is 1. The first-order valence-electron chi connectivity index (χ1n) is 18.7. The number of carbonyl (C=O) groups is 2. The third-order valence-electron chi connectivity index (χ3n) is 10.9. The number of benzene rings is 2. The summed E-state index contributed by atoms with van der Waals surface area (Å²) >= 11 is 0. The predicted molar refractivity (Wildman–Crippen MR) is 208 cm³/mol. The number of amidine groups is 1. The van der Waals surface area contributed by atoms with Crippen LogP contribution in [0.25, 0.3) is 22.3 Å². The Balaban J connectivity index is 1.15. The Kier molecular flexibility index (Phi) is 10.2. The van der Waals surface area contributed by atoms with Crippen molar-refractivity contribution in [1.29, 1.82) is 0 Å². The fourth-order valence-electron chi connectivity index (χ4n) is 8.18. The van der Waals surface area contributed by atoms with Crippen molar-refractivity contribution in [2.45, 2.75) is 108 Å². The number of aryl methyl sites for hydroxylation is 1. The number of sulfonamides is 1. The molecule has 0 amide bonds. The van der Waals surface area contributed by atoms with Crippen LogP contribution in [0.3, 0.4) is 0 Å². The molecule has 15 heteroatoms. The van der Waals surface area contributed by atoms with Gasteiger partial charge in [-0.25, -0.2) is 23.0 Å². The Morgan fingerprint density at radius 3 is 2.45 bits per heavy atom. The van der Waals surface area contributed by atoms with E-state index in [1.165, 1.54) is 17.2 Å². The first-order valence-corrected chi connectivity index (χ1v) is 20.2. The number of nitrogens with zero attached hydrogens (tertiary/aromatic N) is 4. The van der Waals surface area contributed by atoms with Crippen molar-refractivity contribution < 1.29 is 37.4 Å². The van der Waals surface area contributed by atoms with Crippen molar-refractivity contribution in [3.05, 3.63) is 93.3 Å². The standard InChI is InChI=1S/C41H47N5O9S/c1-7-41(31-19-33-36-27(18-26-10-8-9-11-32(26)43-36)23-45(33)37(48)30(31)24-54-38(41)49)55-35(47)22-42-34(44-56(51,52)29-14-12-25(2)13-15-29)16-17-53-28-20-39(3,4)46(50)40(5,6)21-28/h8-15,18-19,28,50H,7,16-17,20-24H2,1-6H3,(H,42,44)/t41-/m0/s1. The number of ether oxygens (including phenoxy) is 3. The van der Waals surface area contributed by atoms with E-state index in [9.17, 15) is 28.0 Å². The minimum atomic E-state index is -4.11. The Hall–Kier alpha value is -4.96. The van der Waals surface area contributed by atoms with Crippen molar-refractivity contribution in [2.24, 2.45) is 4.99 Å². The molecule has 0 saturated carbocycles. The summed E-state index contributed by atoms with van der Waals surface area (Å²) in [6.45, 7) is 10.6. The molecule has 0 bridgehead atoms. The maximum Gasteiger partial charge on any atom is 0.355 e. The van der Waals surface area contributed by atoms with Crippen molar-refractivity contribution >= 4 is 38.7 Å². The maximum absolute atomic E-state index is 13.9. The topological polar surface area (TPSA) is 179 Å². The molecule has 1 atom stereocenters. The number of aromatic nitrogens is 2. The van der Waals surface area contributed by atoms with Crippen LogP contribution in [0.1, 0.15) is 82.6 Å². The van der Waals surface area contributed by atoms with Gasteiger partial charge in [-0.1, -0.05) is 42.8 Å². The van der Waals surface area contributed by atoms with Gasteiger partial charge in [-0.15, -0.1) is 0 Å². The predicted octanol–water partition coefficient (Wildman–Crippen LogP) is 5.13. The van der Waals surface area contributed by atoms with Gasteiger partial charge in [0.15, 0.2) is 0 Å². The van der Waals surface area contributed by atoms with E-state index >= 15 is 0 Å². The quantitative estimate of drug-likeness (QED) is 0.109. The second kappa shape index (κ2) is 14.5. The number of piperidine rings is 1. The number of rotatable bonds is 10. The molecule has 2 aromatic heterocycles. The van der Waals surface area contributed by atoms with Crippen molar-refractivity contribution in [3.63, 3.8) is 0 Å². The summed E-state index contributed by atoms with van der Waals surface area (Å²) in [6, 6.07) is 17.6. The van der Waals surface area contributed by atoms with E-state index in [1.54, 1.807) is 29.7 Å². The minimum absolute atomic E-state index is 0.00693. The molecule has 0 aliphatic carbocycles. The van der Waals surface area contributed by atoms with Gasteiger partial charge in [0, 0.05) is 34.0 Å². The van der Waals surface area contributed by atoms with Gasteiger partial charge in [0.05, 0.1) is 46.6 Å². The van der Waals surface area contributed by atoms with Gasteiger partial charge in [-0.05, 0) is 84.2 Å². The molecular weight excluding hydrogens is 739 g/mol. The summed E-state index contributed by atoms with van der Waals surface area (Å²) in [5, 5.41) is 13.0. The average Bonchev–Trinajstić information content (AvgIpc) is 3.50. The van der Waals surface area contributed by atoms with E-state index in [0.717, 1.165) is 22.0 Å². The van der Waals surface area contributed by atoms with Crippen LogP contribution >= 0.6 is 0 Å². The number of esters is 2. The molecule has 2 aromatic carbocycles. The third-order valence-corrected chi connectivity index (χ3v) is 12.3. The van der Waals surface area contributed by atoms with Crippen molar-refractivity contribution in [1.82, 2.24) is 19.3 Å². The molecule has 7 rings (SSSR count). The first kappa shape index (κ1) is 39.3. The van der Waals surface area contributed by atoms with Gasteiger partial charge in [0.2, 0.25) is 5.60 Å². The summed E-state index contributed by atoms with van der Waals surface area (Å²) < 4.78 is 48.7. The molecule has 3 aliphatic heterocycles. The molecule has 1 saturated heterocycles. The molecule has 2 N–H and O–H groups in total. The fourth-order valence-corrected chi connectivity index (χ4v) is 9.27. The van der Waals surface area contributed by atoms with Gasteiger partial charge < -0.3 is 24.0 Å². The highest BCUT2D eigenvalue weighted by Crippen LogP contribution is 2.41. The number of hydrogen-bond donors (Lipinski definition) is 2. The highest BCUT2D eigenvalue weighted by molar-refractivity contribution is 7.90. The van der Waals surface area contributed by atoms with E-state index < -0.39 is 45.2 Å². The third kappa shape index (κ3) is 7.24. The van der Waals surface area contributed by atoms with Gasteiger partial charge >= 0.3 is 11.9 Å². The molecule has 3 aliphatic rings. The zero-order valence-corrected chi connectivity index (χ0v) is 33.2. The molecular formula is C41H47N5O9S. The first-order chi connectivity index (χ1) is 26.4. The Labute approximate surface area is 325 Å². The lowest BCUT2D eigenvalue weighted by Gasteiger charge is -2.51. The van der Waals surface area contributed by atoms with Crippen molar-refractivity contribution in [3.8, 4) is 11.4 Å². The Bertz CT molecular complexity index is 2410.